The fourth-order valence-corrected chi connectivity index (χ4v) is 2.68. The third kappa shape index (κ3) is 1.70. The zero-order valence-electron chi connectivity index (χ0n) is 7.74. The summed E-state index contributed by atoms with van der Waals surface area (Å²) in [6.45, 7) is 1.10. The number of hydrogen-bond acceptors (Lipinski definition) is 2. The molecule has 74 valence electrons. The van der Waals surface area contributed by atoms with Crippen molar-refractivity contribution in [2.75, 3.05) is 13.2 Å². The summed E-state index contributed by atoms with van der Waals surface area (Å²) in [7, 11) is 0. The summed E-state index contributed by atoms with van der Waals surface area (Å²) >= 11 is 0. The van der Waals surface area contributed by atoms with E-state index in [1.165, 1.54) is 25.7 Å². The van der Waals surface area contributed by atoms with Crippen molar-refractivity contribution < 1.29 is 14.6 Å². The van der Waals surface area contributed by atoms with Crippen LogP contribution in [0.4, 0.5) is 0 Å². The van der Waals surface area contributed by atoms with E-state index in [0.29, 0.717) is 25.0 Å². The molecule has 1 heterocycles. The average molecular weight is 184 g/mol. The van der Waals surface area contributed by atoms with Gasteiger partial charge in [0.2, 0.25) is 0 Å². The number of ether oxygens (including phenoxy) is 1. The van der Waals surface area contributed by atoms with Gasteiger partial charge in [-0.25, -0.2) is 0 Å². The summed E-state index contributed by atoms with van der Waals surface area (Å²) in [6.07, 6.45) is 4.95. The first kappa shape index (κ1) is 9.00. The lowest BCUT2D eigenvalue weighted by Crippen LogP contribution is -2.26. The molecule has 1 aliphatic heterocycles. The minimum Gasteiger partial charge on any atom is -0.481 e. The van der Waals surface area contributed by atoms with Crippen LogP contribution in [0.1, 0.15) is 25.7 Å². The van der Waals surface area contributed by atoms with Crippen LogP contribution in [0.3, 0.4) is 0 Å². The number of carbonyl (C=O) groups is 1. The van der Waals surface area contributed by atoms with Gasteiger partial charge in [0.25, 0.3) is 0 Å². The maximum Gasteiger partial charge on any atom is 0.309 e. The monoisotopic (exact) mass is 184 g/mol. The lowest BCUT2D eigenvalue weighted by molar-refractivity contribution is -0.143. The van der Waals surface area contributed by atoms with Gasteiger partial charge >= 0.3 is 5.97 Å². The van der Waals surface area contributed by atoms with Gasteiger partial charge in [0, 0.05) is 5.92 Å². The molecule has 1 saturated heterocycles. The van der Waals surface area contributed by atoms with Crippen LogP contribution in [0.25, 0.3) is 0 Å². The van der Waals surface area contributed by atoms with E-state index in [9.17, 15) is 4.79 Å². The van der Waals surface area contributed by atoms with Crippen LogP contribution >= 0.6 is 0 Å². The van der Waals surface area contributed by atoms with Crippen LogP contribution in [0.15, 0.2) is 0 Å². The minimum absolute atomic E-state index is 0.233. The molecular weight excluding hydrogens is 168 g/mol. The standard InChI is InChI=1S/C10H16O3/c11-10(12)9-6-13-5-8(9)7-3-1-2-4-7/h7-9H,1-6H2,(H,11,12). The molecule has 2 fully saturated rings. The van der Waals surface area contributed by atoms with E-state index in [4.69, 9.17) is 9.84 Å². The molecule has 0 radical (unpaired) electrons. The van der Waals surface area contributed by atoms with Crippen LogP contribution in [0.5, 0.6) is 0 Å². The third-order valence-corrected chi connectivity index (χ3v) is 3.45. The summed E-state index contributed by atoms with van der Waals surface area (Å²) in [6, 6.07) is 0. The zero-order chi connectivity index (χ0) is 9.26. The Kier molecular flexibility index (Phi) is 2.54. The predicted molar refractivity (Wildman–Crippen MR) is 47.4 cm³/mol. The second kappa shape index (κ2) is 3.66. The smallest absolute Gasteiger partial charge is 0.309 e. The van der Waals surface area contributed by atoms with Gasteiger partial charge in [-0.3, -0.25) is 4.79 Å². The van der Waals surface area contributed by atoms with Crippen LogP contribution in [0.2, 0.25) is 0 Å². The summed E-state index contributed by atoms with van der Waals surface area (Å²) in [5.41, 5.74) is 0. The quantitative estimate of drug-likeness (QED) is 0.707. The van der Waals surface area contributed by atoms with Crippen LogP contribution in [-0.4, -0.2) is 24.3 Å². The first-order valence-electron chi connectivity index (χ1n) is 5.09. The van der Waals surface area contributed by atoms with Crippen molar-refractivity contribution in [2.45, 2.75) is 25.7 Å². The molecule has 3 nitrogen and oxygen atoms in total. The van der Waals surface area contributed by atoms with E-state index in [2.05, 4.69) is 0 Å². The normalized spacial score (nSPS) is 35.4. The van der Waals surface area contributed by atoms with Gasteiger partial charge in [-0.2, -0.15) is 0 Å². The second-order valence-corrected chi connectivity index (χ2v) is 4.19. The van der Waals surface area contributed by atoms with E-state index >= 15 is 0 Å². The van der Waals surface area contributed by atoms with Crippen LogP contribution < -0.4 is 0 Å². The van der Waals surface area contributed by atoms with E-state index in [0.717, 1.165) is 0 Å². The molecule has 0 aromatic heterocycles. The topological polar surface area (TPSA) is 46.5 Å². The van der Waals surface area contributed by atoms with E-state index in [-0.39, 0.29) is 5.92 Å². The van der Waals surface area contributed by atoms with Crippen molar-refractivity contribution in [3.05, 3.63) is 0 Å². The number of carboxylic acids is 1. The Bertz CT molecular complexity index is 196. The molecule has 0 aromatic rings. The first-order chi connectivity index (χ1) is 6.29. The minimum atomic E-state index is -0.672. The summed E-state index contributed by atoms with van der Waals surface area (Å²) in [5, 5.41) is 8.96. The molecule has 2 unspecified atom stereocenters. The molecule has 1 aliphatic carbocycles. The lowest BCUT2D eigenvalue weighted by Gasteiger charge is -2.20. The molecule has 0 spiro atoms. The van der Waals surface area contributed by atoms with E-state index < -0.39 is 5.97 Å². The van der Waals surface area contributed by atoms with Crippen molar-refractivity contribution in [3.63, 3.8) is 0 Å². The largest absolute Gasteiger partial charge is 0.481 e. The summed E-state index contributed by atoms with van der Waals surface area (Å²) in [4.78, 5) is 10.9. The van der Waals surface area contributed by atoms with Crippen molar-refractivity contribution in [1.82, 2.24) is 0 Å². The Labute approximate surface area is 78.1 Å². The molecule has 2 aliphatic rings. The van der Waals surface area contributed by atoms with Gasteiger partial charge in [-0.1, -0.05) is 25.7 Å². The molecule has 0 bridgehead atoms. The lowest BCUT2D eigenvalue weighted by atomic mass is 9.83. The van der Waals surface area contributed by atoms with Crippen molar-refractivity contribution in [2.24, 2.45) is 17.8 Å². The van der Waals surface area contributed by atoms with E-state index in [1.54, 1.807) is 0 Å². The Morgan fingerprint density at radius 3 is 2.54 bits per heavy atom. The van der Waals surface area contributed by atoms with Crippen molar-refractivity contribution in [3.8, 4) is 0 Å². The van der Waals surface area contributed by atoms with Gasteiger partial charge in [0.05, 0.1) is 19.1 Å². The van der Waals surface area contributed by atoms with Crippen molar-refractivity contribution >= 4 is 5.97 Å². The molecule has 0 amide bonds. The number of carboxylic acid groups (broad SMARTS) is 1. The molecule has 3 heteroatoms. The molecule has 1 N–H and O–H groups in total. The Hall–Kier alpha value is -0.570. The highest BCUT2D eigenvalue weighted by Crippen LogP contribution is 2.38. The number of aliphatic carboxylic acids is 1. The number of rotatable bonds is 2. The molecule has 1 saturated carbocycles. The fraction of sp³-hybridized carbons (Fsp3) is 0.900. The van der Waals surface area contributed by atoms with Gasteiger partial charge in [0.15, 0.2) is 0 Å². The highest BCUT2D eigenvalue weighted by Gasteiger charge is 2.39. The predicted octanol–water partition coefficient (Wildman–Crippen LogP) is 1.52. The zero-order valence-corrected chi connectivity index (χ0v) is 7.74. The molecule has 0 aromatic carbocycles. The Morgan fingerprint density at radius 2 is 1.92 bits per heavy atom. The molecule has 2 atom stereocenters. The summed E-state index contributed by atoms with van der Waals surface area (Å²) < 4.78 is 5.26. The maximum absolute atomic E-state index is 10.9. The Morgan fingerprint density at radius 1 is 1.23 bits per heavy atom. The molecular formula is C10H16O3. The van der Waals surface area contributed by atoms with E-state index in [1.807, 2.05) is 0 Å². The highest BCUT2D eigenvalue weighted by molar-refractivity contribution is 5.70. The SMILES string of the molecule is O=C(O)C1COCC1C1CCCC1. The van der Waals surface area contributed by atoms with Crippen molar-refractivity contribution in [1.29, 1.82) is 0 Å². The third-order valence-electron chi connectivity index (χ3n) is 3.45. The van der Waals surface area contributed by atoms with Crippen LogP contribution in [-0.2, 0) is 9.53 Å². The van der Waals surface area contributed by atoms with Gasteiger partial charge in [0.1, 0.15) is 0 Å². The second-order valence-electron chi connectivity index (χ2n) is 4.19. The highest BCUT2D eigenvalue weighted by atomic mass is 16.5. The molecule has 2 rings (SSSR count). The Balaban J connectivity index is 2.00. The average Bonchev–Trinajstić information content (AvgIpc) is 2.74. The number of hydrogen-bond donors (Lipinski definition) is 1. The van der Waals surface area contributed by atoms with Crippen LogP contribution in [0, 0.1) is 17.8 Å². The first-order valence-corrected chi connectivity index (χ1v) is 5.09. The maximum atomic E-state index is 10.9. The fourth-order valence-electron chi connectivity index (χ4n) is 2.68. The van der Waals surface area contributed by atoms with Gasteiger partial charge < -0.3 is 9.84 Å². The molecule has 13 heavy (non-hydrogen) atoms. The van der Waals surface area contributed by atoms with Gasteiger partial charge in [-0.15, -0.1) is 0 Å². The van der Waals surface area contributed by atoms with Gasteiger partial charge in [-0.05, 0) is 5.92 Å². The summed E-state index contributed by atoms with van der Waals surface area (Å²) in [5.74, 6) is 0.00102.